The molecule has 0 nitrogen and oxygen atoms in total. The van der Waals surface area contributed by atoms with Crippen molar-refractivity contribution < 1.29 is 41.9 Å². The van der Waals surface area contributed by atoms with Crippen molar-refractivity contribution >= 4 is 69.6 Å². The van der Waals surface area contributed by atoms with E-state index in [9.17, 15) is 0 Å². The second-order valence-electron chi connectivity index (χ2n) is 2.08. The van der Waals surface area contributed by atoms with Crippen LogP contribution < -0.4 is 24.8 Å². The molecule has 0 spiro atoms. The van der Waals surface area contributed by atoms with Gasteiger partial charge in [0.05, 0.1) is 0 Å². The van der Waals surface area contributed by atoms with Gasteiger partial charge in [-0.15, -0.1) is 0 Å². The van der Waals surface area contributed by atoms with Crippen molar-refractivity contribution in [2.24, 2.45) is 0 Å². The van der Waals surface area contributed by atoms with Crippen molar-refractivity contribution in [2.45, 2.75) is 3.79 Å². The summed E-state index contributed by atoms with van der Waals surface area (Å²) in [4.78, 5) is 0. The van der Waals surface area contributed by atoms with E-state index in [1.807, 2.05) is 18.2 Å². The van der Waals surface area contributed by atoms with Crippen molar-refractivity contribution in [3.63, 3.8) is 0 Å². The molecule has 0 amide bonds. The molecule has 101 valence electrons. The summed E-state index contributed by atoms with van der Waals surface area (Å²) < 4.78 is -1.46. The van der Waals surface area contributed by atoms with E-state index in [1.54, 1.807) is 12.1 Å². The van der Waals surface area contributed by atoms with E-state index in [1.165, 1.54) is 0 Å². The van der Waals surface area contributed by atoms with E-state index in [0.29, 0.717) is 5.56 Å². The standard InChI is InChI=1S/C7H5Cl3.CCl3.2ClH.Fe/c8-7(9,10)6-4-2-1-3-5-6;2-1(3)4;;;/h1-5H;;2*1H;/q;-1;;;+3/p-2. The van der Waals surface area contributed by atoms with Gasteiger partial charge in [0.15, 0.2) is 0 Å². The van der Waals surface area contributed by atoms with Crippen LogP contribution in [0, 0.1) is 4.30 Å². The molecule has 0 unspecified atom stereocenters. The predicted octanol–water partition coefficient (Wildman–Crippen LogP) is -0.331. The molecule has 9 heteroatoms. The van der Waals surface area contributed by atoms with Crippen molar-refractivity contribution in [3.8, 4) is 0 Å². The molecule has 0 aliphatic rings. The van der Waals surface area contributed by atoms with Gasteiger partial charge in [0, 0.05) is 5.56 Å². The third-order valence-electron chi connectivity index (χ3n) is 1.10. The average molecular weight is 441 g/mol. The zero-order valence-electron chi connectivity index (χ0n) is 7.76. The SMILES string of the molecule is ClC(Cl)(Cl)c1ccccc1.Cl[C-](Cl)Cl.[Cl-].[Cl-].[Fe+3]. The van der Waals surface area contributed by atoms with E-state index in [2.05, 4.69) is 0 Å². The Bertz CT molecular complexity index is 245. The monoisotopic (exact) mass is 437 g/mol. The Kier molecular flexibility index (Phi) is 23.3. The number of hydrogen-bond acceptors (Lipinski definition) is 0. The molecule has 1 aromatic rings. The Labute approximate surface area is 154 Å². The summed E-state index contributed by atoms with van der Waals surface area (Å²) in [5.41, 5.74) is 0.694. The zero-order chi connectivity index (χ0) is 11.2. The first-order valence-corrected chi connectivity index (χ1v) is 5.56. The summed E-state index contributed by atoms with van der Waals surface area (Å²) in [6.07, 6.45) is 0. The first-order valence-electron chi connectivity index (χ1n) is 3.29. The molecular weight excluding hydrogens is 436 g/mol. The Morgan fingerprint density at radius 1 is 0.824 bits per heavy atom. The second kappa shape index (κ2) is 14.5. The van der Waals surface area contributed by atoms with Crippen LogP contribution in [0.5, 0.6) is 0 Å². The van der Waals surface area contributed by atoms with Crippen LogP contribution in [0.25, 0.3) is 0 Å². The van der Waals surface area contributed by atoms with Crippen LogP contribution in [0.4, 0.5) is 0 Å². The molecule has 17 heavy (non-hydrogen) atoms. The summed E-state index contributed by atoms with van der Waals surface area (Å²) in [6.45, 7) is 0. The van der Waals surface area contributed by atoms with Crippen LogP contribution in [-0.4, -0.2) is 0 Å². The van der Waals surface area contributed by atoms with Crippen molar-refractivity contribution in [1.29, 1.82) is 0 Å². The Morgan fingerprint density at radius 2 is 1.12 bits per heavy atom. The van der Waals surface area contributed by atoms with Crippen molar-refractivity contribution in [3.05, 3.63) is 40.2 Å². The zero-order valence-corrected chi connectivity index (χ0v) is 14.9. The summed E-state index contributed by atoms with van der Waals surface area (Å²) in [6, 6.07) is 9.08. The Hall–Kier alpha value is 2.06. The molecule has 0 atom stereocenters. The van der Waals surface area contributed by atoms with Gasteiger partial charge in [-0.25, -0.2) is 0 Å². The third kappa shape index (κ3) is 18.1. The average Bonchev–Trinajstić information content (AvgIpc) is 2.03. The first kappa shape index (κ1) is 27.4. The summed E-state index contributed by atoms with van der Waals surface area (Å²) in [5.74, 6) is 0. The van der Waals surface area contributed by atoms with E-state index < -0.39 is 3.79 Å². The molecule has 1 rings (SSSR count). The minimum atomic E-state index is -1.29. The number of hydrogen-bond donors (Lipinski definition) is 0. The van der Waals surface area contributed by atoms with E-state index in [0.717, 1.165) is 0 Å². The molecule has 0 aliphatic heterocycles. The molecule has 0 heterocycles. The van der Waals surface area contributed by atoms with Crippen molar-refractivity contribution in [2.75, 3.05) is 0 Å². The number of rotatable bonds is 0. The van der Waals surface area contributed by atoms with Gasteiger partial charge in [-0.1, -0.05) is 69.4 Å². The first-order chi connectivity index (χ1) is 6.34. The van der Waals surface area contributed by atoms with Crippen LogP contribution in [0.2, 0.25) is 0 Å². The minimum Gasteiger partial charge on any atom is -1.00 e. The minimum absolute atomic E-state index is 0. The van der Waals surface area contributed by atoms with E-state index in [4.69, 9.17) is 69.6 Å². The Morgan fingerprint density at radius 3 is 1.29 bits per heavy atom. The molecular formula is C8H5Cl8Fe. The molecule has 0 aliphatic carbocycles. The molecule has 1 radical (unpaired) electrons. The number of halogens is 8. The summed E-state index contributed by atoms with van der Waals surface area (Å²) in [7, 11) is 0. The van der Waals surface area contributed by atoms with Crippen LogP contribution in [0.1, 0.15) is 5.56 Å². The van der Waals surface area contributed by atoms with E-state index in [-0.39, 0.29) is 46.2 Å². The second-order valence-corrected chi connectivity index (χ2v) is 6.07. The fourth-order valence-corrected chi connectivity index (χ4v) is 1.01. The molecule has 0 N–H and O–H groups in total. The largest absolute Gasteiger partial charge is 3.00 e. The molecule has 0 bridgehead atoms. The van der Waals surface area contributed by atoms with Gasteiger partial charge in [-0.3, -0.25) is 0 Å². The van der Waals surface area contributed by atoms with Gasteiger partial charge >= 0.3 is 17.1 Å². The summed E-state index contributed by atoms with van der Waals surface area (Å²) in [5, 5.41) is 0. The van der Waals surface area contributed by atoms with Gasteiger partial charge in [0.2, 0.25) is 3.79 Å². The molecule has 0 saturated heterocycles. The molecule has 1 aromatic carbocycles. The quantitative estimate of drug-likeness (QED) is 0.295. The van der Waals surface area contributed by atoms with Crippen LogP contribution in [0.3, 0.4) is 0 Å². The maximum atomic E-state index is 5.59. The molecule has 0 saturated carbocycles. The predicted molar refractivity (Wildman–Crippen MR) is 66.5 cm³/mol. The molecule has 0 aromatic heterocycles. The third-order valence-corrected chi connectivity index (χ3v) is 1.76. The number of benzene rings is 1. The van der Waals surface area contributed by atoms with Gasteiger partial charge in [0.1, 0.15) is 0 Å². The molecule has 0 fully saturated rings. The van der Waals surface area contributed by atoms with Crippen LogP contribution >= 0.6 is 69.6 Å². The van der Waals surface area contributed by atoms with Crippen molar-refractivity contribution in [1.82, 2.24) is 0 Å². The normalized spacial score (nSPS) is 8.88. The summed E-state index contributed by atoms with van der Waals surface area (Å²) >= 11 is 30.9. The van der Waals surface area contributed by atoms with Gasteiger partial charge < -0.3 is 59.6 Å². The smallest absolute Gasteiger partial charge is 1.00 e. The fourth-order valence-electron chi connectivity index (χ4n) is 0.627. The Balaban J connectivity index is -0.000000108. The number of alkyl halides is 3. The van der Waals surface area contributed by atoms with Gasteiger partial charge in [-0.05, 0) is 0 Å². The van der Waals surface area contributed by atoms with E-state index >= 15 is 0 Å². The maximum absolute atomic E-state index is 5.59. The fraction of sp³-hybridized carbons (Fsp3) is 0.125. The topological polar surface area (TPSA) is 0 Å². The maximum Gasteiger partial charge on any atom is 3.00 e. The van der Waals surface area contributed by atoms with Crippen LogP contribution in [0.15, 0.2) is 30.3 Å². The van der Waals surface area contributed by atoms with Crippen LogP contribution in [-0.2, 0) is 20.9 Å². The van der Waals surface area contributed by atoms with Gasteiger partial charge in [0.25, 0.3) is 0 Å². The van der Waals surface area contributed by atoms with Gasteiger partial charge in [-0.2, -0.15) is 0 Å².